The maximum atomic E-state index is 12.4. The Morgan fingerprint density at radius 3 is 2.77 bits per heavy atom. The number of piperidine rings is 1. The van der Waals surface area contributed by atoms with Gasteiger partial charge in [0.05, 0.1) is 17.8 Å². The maximum absolute atomic E-state index is 12.4. The molecule has 0 bridgehead atoms. The summed E-state index contributed by atoms with van der Waals surface area (Å²) in [7, 11) is 1.49. The van der Waals surface area contributed by atoms with Crippen molar-refractivity contribution >= 4 is 29.4 Å². The number of likely N-dealkylation sites (tertiary alicyclic amines) is 1. The monoisotopic (exact) mass is 384 g/mol. The number of imidazole rings is 1. The molecule has 0 radical (unpaired) electrons. The predicted octanol–water partition coefficient (Wildman–Crippen LogP) is 0.612. The molecule has 1 aromatic heterocycles. The molecule has 0 spiro atoms. The number of aryl methyl sites for hydroxylation is 1. The summed E-state index contributed by atoms with van der Waals surface area (Å²) in [4.78, 5) is 43.3. The van der Waals surface area contributed by atoms with E-state index in [1.807, 2.05) is 6.92 Å². The molecule has 9 nitrogen and oxygen atoms in total. The summed E-state index contributed by atoms with van der Waals surface area (Å²) >= 11 is 5.95. The zero-order valence-electron chi connectivity index (χ0n) is 14.5. The molecule has 0 saturated carbocycles. The molecule has 2 atom stereocenters. The first-order valence-corrected chi connectivity index (χ1v) is 8.51. The number of nitrogens with one attached hydrogen (secondary N) is 2. The molecule has 3 N–H and O–H groups in total. The number of carboxylic acid groups (broad SMARTS) is 1. The molecule has 0 aliphatic carbocycles. The van der Waals surface area contributed by atoms with Crippen molar-refractivity contribution in [2.75, 3.05) is 20.2 Å². The third kappa shape index (κ3) is 4.83. The molecule has 10 heteroatoms. The second kappa shape index (κ2) is 8.81. The number of aromatic nitrogens is 2. The first-order chi connectivity index (χ1) is 12.3. The van der Waals surface area contributed by atoms with Gasteiger partial charge >= 0.3 is 5.97 Å². The van der Waals surface area contributed by atoms with Gasteiger partial charge in [-0.3, -0.25) is 9.59 Å². The number of aliphatic carboxylic acids is 1. The fourth-order valence-electron chi connectivity index (χ4n) is 2.74. The van der Waals surface area contributed by atoms with Crippen molar-refractivity contribution in [2.24, 2.45) is 0 Å². The van der Waals surface area contributed by atoms with E-state index in [4.69, 9.17) is 21.4 Å². The normalized spacial score (nSPS) is 20.3. The summed E-state index contributed by atoms with van der Waals surface area (Å²) in [6, 6.07) is -0.311. The molecule has 26 heavy (non-hydrogen) atoms. The number of hydrogen-bond donors (Lipinski definition) is 3. The summed E-state index contributed by atoms with van der Waals surface area (Å²) in [5.74, 6) is -1.87. The summed E-state index contributed by atoms with van der Waals surface area (Å²) < 4.78 is 5.39. The highest BCUT2D eigenvalue weighted by molar-refractivity contribution is 6.30. The number of nitrogens with zero attached hydrogens (tertiary/aromatic N) is 2. The van der Waals surface area contributed by atoms with E-state index in [0.29, 0.717) is 25.1 Å². The van der Waals surface area contributed by atoms with Crippen LogP contribution in [0.15, 0.2) is 12.2 Å². The Kier molecular flexibility index (Phi) is 6.76. The molecule has 1 saturated heterocycles. The molecular formula is C16H21ClN4O5. The van der Waals surface area contributed by atoms with Gasteiger partial charge in [0.25, 0.3) is 5.91 Å². The lowest BCUT2D eigenvalue weighted by atomic mass is 10.0. The highest BCUT2D eigenvalue weighted by atomic mass is 35.5. The summed E-state index contributed by atoms with van der Waals surface area (Å²) in [6.45, 7) is 2.50. The van der Waals surface area contributed by atoms with E-state index in [-0.39, 0.29) is 23.6 Å². The number of rotatable bonds is 6. The quantitative estimate of drug-likeness (QED) is 0.617. The van der Waals surface area contributed by atoms with Crippen LogP contribution in [0.2, 0.25) is 5.15 Å². The molecule has 1 aliphatic rings. The van der Waals surface area contributed by atoms with Gasteiger partial charge in [0.1, 0.15) is 0 Å². The third-order valence-corrected chi connectivity index (χ3v) is 4.47. The van der Waals surface area contributed by atoms with Gasteiger partial charge in [-0.15, -0.1) is 0 Å². The molecule has 1 aromatic rings. The fourth-order valence-corrected chi connectivity index (χ4v) is 3.00. The van der Waals surface area contributed by atoms with Crippen LogP contribution < -0.4 is 5.32 Å². The molecule has 1 aliphatic heterocycles. The first-order valence-electron chi connectivity index (χ1n) is 8.13. The molecule has 0 aromatic carbocycles. The highest BCUT2D eigenvalue weighted by Gasteiger charge is 2.32. The van der Waals surface area contributed by atoms with E-state index in [1.165, 1.54) is 12.0 Å². The van der Waals surface area contributed by atoms with Gasteiger partial charge in [0, 0.05) is 32.4 Å². The van der Waals surface area contributed by atoms with Crippen molar-refractivity contribution in [2.45, 2.75) is 31.9 Å². The summed E-state index contributed by atoms with van der Waals surface area (Å²) in [6.07, 6.45) is 2.47. The average Bonchev–Trinajstić information content (AvgIpc) is 3.00. The number of amides is 2. The van der Waals surface area contributed by atoms with Crippen LogP contribution in [-0.4, -0.2) is 70.1 Å². The number of carbonyl (C=O) groups is 3. The minimum atomic E-state index is -1.19. The van der Waals surface area contributed by atoms with E-state index in [9.17, 15) is 14.4 Å². The fraction of sp³-hybridized carbons (Fsp3) is 0.500. The molecule has 2 rings (SSSR count). The van der Waals surface area contributed by atoms with Gasteiger partial charge in [-0.05, 0) is 12.8 Å². The van der Waals surface area contributed by atoms with Gasteiger partial charge < -0.3 is 25.0 Å². The lowest BCUT2D eigenvalue weighted by Gasteiger charge is -2.37. The standard InChI is InChI=1S/C16H21ClN4O5/c1-3-9-14(17)20-15(18-9)16(25)19-10-6-7-21(8-11(10)26-2)12(22)4-5-13(23)24/h4-5,10-11H,3,6-8H2,1-2H3,(H,18,20)(H,19,25)(H,23,24)/b5-4+/t10-,11+/m0/s1. The van der Waals surface area contributed by atoms with Crippen molar-refractivity contribution < 1.29 is 24.2 Å². The van der Waals surface area contributed by atoms with E-state index in [2.05, 4.69) is 15.3 Å². The zero-order valence-corrected chi connectivity index (χ0v) is 15.2. The molecule has 2 heterocycles. The van der Waals surface area contributed by atoms with Crippen LogP contribution in [0.5, 0.6) is 0 Å². The zero-order chi connectivity index (χ0) is 19.3. The van der Waals surface area contributed by atoms with Crippen LogP contribution in [0.25, 0.3) is 0 Å². The lowest BCUT2D eigenvalue weighted by Crippen LogP contribution is -2.55. The Bertz CT molecular complexity index is 717. The van der Waals surface area contributed by atoms with Crippen molar-refractivity contribution in [3.8, 4) is 0 Å². The Morgan fingerprint density at radius 1 is 1.46 bits per heavy atom. The largest absolute Gasteiger partial charge is 0.478 e. The van der Waals surface area contributed by atoms with Crippen molar-refractivity contribution in [3.63, 3.8) is 0 Å². The van der Waals surface area contributed by atoms with E-state index < -0.39 is 23.9 Å². The van der Waals surface area contributed by atoms with Crippen molar-refractivity contribution in [1.29, 1.82) is 0 Å². The van der Waals surface area contributed by atoms with Crippen LogP contribution in [0.1, 0.15) is 29.7 Å². The van der Waals surface area contributed by atoms with Gasteiger partial charge in [-0.1, -0.05) is 18.5 Å². The number of carbonyl (C=O) groups excluding carboxylic acids is 2. The van der Waals surface area contributed by atoms with Crippen LogP contribution >= 0.6 is 11.6 Å². The summed E-state index contributed by atoms with van der Waals surface area (Å²) in [5.41, 5.74) is 0.686. The van der Waals surface area contributed by atoms with Gasteiger partial charge in [0.15, 0.2) is 11.0 Å². The van der Waals surface area contributed by atoms with Crippen LogP contribution in [-0.2, 0) is 20.7 Å². The number of methoxy groups -OCH3 is 1. The van der Waals surface area contributed by atoms with Crippen LogP contribution in [0, 0.1) is 0 Å². The van der Waals surface area contributed by atoms with Crippen molar-refractivity contribution in [3.05, 3.63) is 28.8 Å². The molecule has 142 valence electrons. The molecule has 1 fully saturated rings. The van der Waals surface area contributed by atoms with E-state index in [1.54, 1.807) is 0 Å². The third-order valence-electron chi connectivity index (χ3n) is 4.16. The summed E-state index contributed by atoms with van der Waals surface area (Å²) in [5, 5.41) is 11.7. The van der Waals surface area contributed by atoms with E-state index >= 15 is 0 Å². The number of ether oxygens (including phenoxy) is 1. The Morgan fingerprint density at radius 2 is 2.19 bits per heavy atom. The first kappa shape index (κ1) is 19.9. The maximum Gasteiger partial charge on any atom is 0.328 e. The Balaban J connectivity index is 1.99. The topological polar surface area (TPSA) is 125 Å². The minimum absolute atomic E-state index is 0.129. The Hall–Kier alpha value is -2.39. The minimum Gasteiger partial charge on any atom is -0.478 e. The average molecular weight is 385 g/mol. The number of halogens is 1. The SMILES string of the molecule is CCc1[nH]c(C(=O)N[C@H]2CCN(C(=O)/C=C/C(=O)O)C[C@H]2OC)nc1Cl. The number of aromatic amines is 1. The molecule has 0 unspecified atom stereocenters. The molecular weight excluding hydrogens is 364 g/mol. The smallest absolute Gasteiger partial charge is 0.328 e. The van der Waals surface area contributed by atoms with Gasteiger partial charge in [-0.25, -0.2) is 9.78 Å². The predicted molar refractivity (Wildman–Crippen MR) is 93.0 cm³/mol. The highest BCUT2D eigenvalue weighted by Crippen LogP contribution is 2.16. The van der Waals surface area contributed by atoms with Crippen molar-refractivity contribution in [1.82, 2.24) is 20.2 Å². The second-order valence-corrected chi connectivity index (χ2v) is 6.16. The number of carboxylic acids is 1. The van der Waals surface area contributed by atoms with Gasteiger partial charge in [-0.2, -0.15) is 0 Å². The Labute approximate surface area is 155 Å². The van der Waals surface area contributed by atoms with Crippen LogP contribution in [0.3, 0.4) is 0 Å². The van der Waals surface area contributed by atoms with E-state index in [0.717, 1.165) is 12.2 Å². The second-order valence-electron chi connectivity index (χ2n) is 5.81. The molecule has 2 amide bonds. The number of hydrogen-bond acceptors (Lipinski definition) is 5. The van der Waals surface area contributed by atoms with Gasteiger partial charge in [0.2, 0.25) is 5.91 Å². The van der Waals surface area contributed by atoms with Crippen LogP contribution in [0.4, 0.5) is 0 Å². The number of H-pyrrole nitrogens is 1. The lowest BCUT2D eigenvalue weighted by molar-refractivity contribution is -0.133.